The van der Waals surface area contributed by atoms with Gasteiger partial charge in [0.05, 0.1) is 18.8 Å². The van der Waals surface area contributed by atoms with E-state index in [9.17, 15) is 4.79 Å². The van der Waals surface area contributed by atoms with E-state index in [2.05, 4.69) is 28.9 Å². The summed E-state index contributed by atoms with van der Waals surface area (Å²) >= 11 is 0. The minimum Gasteiger partial charge on any atom is -0.379 e. The van der Waals surface area contributed by atoms with Crippen LogP contribution in [0.5, 0.6) is 0 Å². The highest BCUT2D eigenvalue weighted by Crippen LogP contribution is 2.22. The average Bonchev–Trinajstić information content (AvgIpc) is 2.92. The third kappa shape index (κ3) is 2.85. The Kier molecular flexibility index (Phi) is 4.05. The highest BCUT2D eigenvalue weighted by Gasteiger charge is 2.20. The van der Waals surface area contributed by atoms with Crippen LogP contribution in [0.1, 0.15) is 45.0 Å². The molecule has 1 saturated heterocycles. The second-order valence-electron chi connectivity index (χ2n) is 5.93. The number of aromatic nitrogens is 4. The molecule has 6 heteroatoms. The van der Waals surface area contributed by atoms with Crippen molar-refractivity contribution in [3.63, 3.8) is 0 Å². The summed E-state index contributed by atoms with van der Waals surface area (Å²) in [6, 6.07) is 0.182. The van der Waals surface area contributed by atoms with E-state index < -0.39 is 0 Å². The number of hydrogen-bond acceptors (Lipinski definition) is 4. The van der Waals surface area contributed by atoms with Crippen LogP contribution in [0.4, 0.5) is 0 Å². The fourth-order valence-corrected chi connectivity index (χ4v) is 2.74. The smallest absolute Gasteiger partial charge is 0.262 e. The van der Waals surface area contributed by atoms with Crippen molar-refractivity contribution in [2.45, 2.75) is 45.6 Å². The van der Waals surface area contributed by atoms with Crippen molar-refractivity contribution in [2.24, 2.45) is 5.92 Å². The normalized spacial score (nSPS) is 20.8. The van der Waals surface area contributed by atoms with Crippen LogP contribution in [-0.2, 0) is 11.2 Å². The Morgan fingerprint density at radius 3 is 3.14 bits per heavy atom. The van der Waals surface area contributed by atoms with Crippen LogP contribution in [0.25, 0.3) is 11.0 Å². The Bertz CT molecular complexity index is 670. The predicted molar refractivity (Wildman–Crippen MR) is 80.4 cm³/mol. The third-order valence-corrected chi connectivity index (χ3v) is 4.23. The van der Waals surface area contributed by atoms with Gasteiger partial charge in [0.25, 0.3) is 5.56 Å². The van der Waals surface area contributed by atoms with Crippen LogP contribution < -0.4 is 5.56 Å². The molecule has 0 amide bonds. The first-order chi connectivity index (χ1) is 10.2. The lowest BCUT2D eigenvalue weighted by atomic mass is 10.1. The number of H-pyrrole nitrogens is 1. The minimum atomic E-state index is -0.0960. The molecule has 0 radical (unpaired) electrons. The maximum atomic E-state index is 12.2. The molecule has 114 valence electrons. The molecule has 1 aliphatic rings. The molecule has 0 aliphatic carbocycles. The van der Waals surface area contributed by atoms with Gasteiger partial charge in [0.15, 0.2) is 5.65 Å². The Hall–Kier alpha value is -1.69. The van der Waals surface area contributed by atoms with Gasteiger partial charge in [-0.2, -0.15) is 5.10 Å². The molecule has 0 spiro atoms. The van der Waals surface area contributed by atoms with Crippen molar-refractivity contribution in [3.05, 3.63) is 22.4 Å². The monoisotopic (exact) mass is 290 g/mol. The van der Waals surface area contributed by atoms with Gasteiger partial charge < -0.3 is 9.72 Å². The molecule has 3 heterocycles. The number of hydrogen-bond donors (Lipinski definition) is 1. The summed E-state index contributed by atoms with van der Waals surface area (Å²) in [5.74, 6) is 1.25. The van der Waals surface area contributed by atoms with Crippen molar-refractivity contribution in [3.8, 4) is 0 Å². The molecule has 2 unspecified atom stereocenters. The molecule has 1 N–H and O–H groups in total. The molecule has 0 bridgehead atoms. The lowest BCUT2D eigenvalue weighted by molar-refractivity contribution is 0.0563. The van der Waals surface area contributed by atoms with Crippen molar-refractivity contribution in [1.29, 1.82) is 0 Å². The van der Waals surface area contributed by atoms with Crippen molar-refractivity contribution in [2.75, 3.05) is 13.2 Å². The molecule has 0 saturated carbocycles. The number of aromatic amines is 1. The largest absolute Gasteiger partial charge is 0.379 e. The fourth-order valence-electron chi connectivity index (χ4n) is 2.74. The quantitative estimate of drug-likeness (QED) is 0.935. The SMILES string of the molecule is CCC(C)Cc1nc2c(cnn2C2CCCOC2)c(=O)[nH]1. The van der Waals surface area contributed by atoms with E-state index in [-0.39, 0.29) is 11.6 Å². The predicted octanol–water partition coefficient (Wildman–Crippen LogP) is 2.06. The second kappa shape index (κ2) is 5.97. The van der Waals surface area contributed by atoms with Gasteiger partial charge in [-0.1, -0.05) is 20.3 Å². The van der Waals surface area contributed by atoms with Crippen molar-refractivity contribution >= 4 is 11.0 Å². The van der Waals surface area contributed by atoms with Crippen LogP contribution in [0.2, 0.25) is 0 Å². The number of fused-ring (bicyclic) bond motifs is 1. The first-order valence-corrected chi connectivity index (χ1v) is 7.73. The van der Waals surface area contributed by atoms with Crippen molar-refractivity contribution in [1.82, 2.24) is 19.7 Å². The highest BCUT2D eigenvalue weighted by atomic mass is 16.5. The van der Waals surface area contributed by atoms with E-state index in [4.69, 9.17) is 4.74 Å². The van der Waals surface area contributed by atoms with Gasteiger partial charge in [-0.25, -0.2) is 9.67 Å². The van der Waals surface area contributed by atoms with Crippen molar-refractivity contribution < 1.29 is 4.74 Å². The zero-order valence-electron chi connectivity index (χ0n) is 12.6. The van der Waals surface area contributed by atoms with Gasteiger partial charge in [-0.05, 0) is 18.8 Å². The first kappa shape index (κ1) is 14.3. The molecule has 21 heavy (non-hydrogen) atoms. The van der Waals surface area contributed by atoms with E-state index >= 15 is 0 Å². The summed E-state index contributed by atoms with van der Waals surface area (Å²) in [6.45, 7) is 5.76. The highest BCUT2D eigenvalue weighted by molar-refractivity contribution is 5.73. The molecule has 2 aromatic rings. The number of nitrogens with one attached hydrogen (secondary N) is 1. The van der Waals surface area contributed by atoms with Gasteiger partial charge in [-0.15, -0.1) is 0 Å². The standard InChI is InChI=1S/C15H22N4O2/c1-3-10(2)7-13-17-14-12(15(20)18-13)8-16-19(14)11-5-4-6-21-9-11/h8,10-11H,3-7,9H2,1-2H3,(H,17,18,20). The van der Waals surface area contributed by atoms with E-state index in [1.165, 1.54) is 0 Å². The molecular weight excluding hydrogens is 268 g/mol. The van der Waals surface area contributed by atoms with Crippen LogP contribution in [0.15, 0.2) is 11.0 Å². The zero-order valence-corrected chi connectivity index (χ0v) is 12.6. The maximum Gasteiger partial charge on any atom is 0.262 e. The average molecular weight is 290 g/mol. The summed E-state index contributed by atoms with van der Waals surface area (Å²) in [5.41, 5.74) is 0.592. The number of ether oxygens (including phenoxy) is 1. The fraction of sp³-hybridized carbons (Fsp3) is 0.667. The Morgan fingerprint density at radius 2 is 2.43 bits per heavy atom. The molecule has 6 nitrogen and oxygen atoms in total. The number of nitrogens with zero attached hydrogens (tertiary/aromatic N) is 3. The van der Waals surface area contributed by atoms with Gasteiger partial charge in [0.2, 0.25) is 0 Å². The third-order valence-electron chi connectivity index (χ3n) is 4.23. The molecule has 3 rings (SSSR count). The van der Waals surface area contributed by atoms with Crippen LogP contribution >= 0.6 is 0 Å². The lowest BCUT2D eigenvalue weighted by Crippen LogP contribution is -2.23. The van der Waals surface area contributed by atoms with Gasteiger partial charge in [0, 0.05) is 13.0 Å². The Labute approximate surface area is 123 Å². The lowest BCUT2D eigenvalue weighted by Gasteiger charge is -2.22. The summed E-state index contributed by atoms with van der Waals surface area (Å²) in [6.07, 6.45) is 5.51. The van der Waals surface area contributed by atoms with Crippen LogP contribution in [0.3, 0.4) is 0 Å². The maximum absolute atomic E-state index is 12.2. The second-order valence-corrected chi connectivity index (χ2v) is 5.93. The van der Waals surface area contributed by atoms with E-state index in [0.717, 1.165) is 38.1 Å². The minimum absolute atomic E-state index is 0.0960. The molecule has 0 aromatic carbocycles. The Morgan fingerprint density at radius 1 is 1.57 bits per heavy atom. The van der Waals surface area contributed by atoms with Gasteiger partial charge >= 0.3 is 0 Å². The summed E-state index contributed by atoms with van der Waals surface area (Å²) in [4.78, 5) is 19.7. The summed E-state index contributed by atoms with van der Waals surface area (Å²) in [7, 11) is 0. The molecule has 2 aromatic heterocycles. The summed E-state index contributed by atoms with van der Waals surface area (Å²) < 4.78 is 7.39. The van der Waals surface area contributed by atoms with Gasteiger partial charge in [0.1, 0.15) is 11.2 Å². The van der Waals surface area contributed by atoms with E-state index in [1.807, 2.05) is 4.68 Å². The van der Waals surface area contributed by atoms with Gasteiger partial charge in [-0.3, -0.25) is 4.79 Å². The topological polar surface area (TPSA) is 72.8 Å². The molecule has 1 fully saturated rings. The number of rotatable bonds is 4. The first-order valence-electron chi connectivity index (χ1n) is 7.73. The van der Waals surface area contributed by atoms with Crippen LogP contribution in [-0.4, -0.2) is 33.0 Å². The molecule has 2 atom stereocenters. The molecule has 1 aliphatic heterocycles. The Balaban J connectivity index is 2.00. The molecular formula is C15H22N4O2. The van der Waals surface area contributed by atoms with E-state index in [1.54, 1.807) is 6.20 Å². The van der Waals surface area contributed by atoms with Crippen LogP contribution in [0, 0.1) is 5.92 Å². The van der Waals surface area contributed by atoms with E-state index in [0.29, 0.717) is 23.6 Å². The summed E-state index contributed by atoms with van der Waals surface area (Å²) in [5, 5.41) is 4.94. The zero-order chi connectivity index (χ0) is 14.8.